The van der Waals surface area contributed by atoms with Gasteiger partial charge in [-0.25, -0.2) is 4.39 Å². The quantitative estimate of drug-likeness (QED) is 0.844. The Balaban J connectivity index is 1.86. The first-order chi connectivity index (χ1) is 8.78. The van der Waals surface area contributed by atoms with Gasteiger partial charge in [-0.1, -0.05) is 5.16 Å². The fourth-order valence-electron chi connectivity index (χ4n) is 1.36. The third-order valence-electron chi connectivity index (χ3n) is 2.28. The molecule has 0 aliphatic heterocycles. The molecule has 0 aliphatic rings. The molecule has 0 saturated heterocycles. The third-order valence-corrected chi connectivity index (χ3v) is 2.28. The summed E-state index contributed by atoms with van der Waals surface area (Å²) in [6, 6.07) is 5.77. The summed E-state index contributed by atoms with van der Waals surface area (Å²) >= 11 is 0. The van der Waals surface area contributed by atoms with Gasteiger partial charge in [0.1, 0.15) is 11.6 Å². The molecule has 6 heteroatoms. The maximum atomic E-state index is 12.7. The Hall–Kier alpha value is -1.95. The molecular weight excluding hydrogens is 237 g/mol. The van der Waals surface area contributed by atoms with Gasteiger partial charge in [0.25, 0.3) is 5.89 Å². The Kier molecular flexibility index (Phi) is 4.25. The largest absolute Gasteiger partial charge is 0.484 e. The summed E-state index contributed by atoms with van der Waals surface area (Å²) in [5, 5.41) is 6.81. The van der Waals surface area contributed by atoms with Gasteiger partial charge in [0, 0.05) is 13.0 Å². The van der Waals surface area contributed by atoms with Gasteiger partial charge in [-0.3, -0.25) is 0 Å². The summed E-state index contributed by atoms with van der Waals surface area (Å²) in [4.78, 5) is 4.16. The number of aromatic nitrogens is 2. The van der Waals surface area contributed by atoms with Crippen LogP contribution in [0.5, 0.6) is 5.75 Å². The van der Waals surface area contributed by atoms with Crippen molar-refractivity contribution in [2.24, 2.45) is 0 Å². The standard InChI is InChI=1S/C12H14FN3O2/c1-14-7-6-11-15-12(18-16-11)8-17-10-4-2-9(13)3-5-10/h2-5,14H,6-8H2,1H3. The lowest BCUT2D eigenvalue weighted by molar-refractivity contribution is 0.242. The molecular formula is C12H14FN3O2. The molecule has 0 amide bonds. The smallest absolute Gasteiger partial charge is 0.264 e. The molecule has 0 unspecified atom stereocenters. The highest BCUT2D eigenvalue weighted by molar-refractivity contribution is 5.22. The minimum atomic E-state index is -0.297. The van der Waals surface area contributed by atoms with Crippen LogP contribution in [0.4, 0.5) is 4.39 Å². The summed E-state index contributed by atoms with van der Waals surface area (Å²) < 4.78 is 23.1. The molecule has 2 rings (SSSR count). The van der Waals surface area contributed by atoms with E-state index < -0.39 is 0 Å². The number of rotatable bonds is 6. The number of nitrogens with one attached hydrogen (secondary N) is 1. The summed E-state index contributed by atoms with van der Waals surface area (Å²) in [5.74, 6) is 1.31. The van der Waals surface area contributed by atoms with E-state index in [1.807, 2.05) is 7.05 Å². The lowest BCUT2D eigenvalue weighted by atomic mass is 10.3. The van der Waals surface area contributed by atoms with Crippen molar-refractivity contribution in [1.82, 2.24) is 15.5 Å². The molecule has 2 aromatic rings. The topological polar surface area (TPSA) is 60.2 Å². The van der Waals surface area contributed by atoms with Crippen molar-refractivity contribution in [1.29, 1.82) is 0 Å². The summed E-state index contributed by atoms with van der Waals surface area (Å²) in [5.41, 5.74) is 0. The number of nitrogens with zero attached hydrogens (tertiary/aromatic N) is 2. The van der Waals surface area contributed by atoms with E-state index in [0.717, 1.165) is 6.54 Å². The van der Waals surface area contributed by atoms with Gasteiger partial charge in [0.05, 0.1) is 0 Å². The molecule has 0 aliphatic carbocycles. The van der Waals surface area contributed by atoms with Crippen molar-refractivity contribution < 1.29 is 13.7 Å². The number of hydrogen-bond acceptors (Lipinski definition) is 5. The van der Waals surface area contributed by atoms with Gasteiger partial charge in [-0.2, -0.15) is 4.98 Å². The summed E-state index contributed by atoms with van der Waals surface area (Å²) in [6.07, 6.45) is 0.705. The van der Waals surface area contributed by atoms with Crippen molar-refractivity contribution in [3.05, 3.63) is 41.8 Å². The molecule has 5 nitrogen and oxygen atoms in total. The van der Waals surface area contributed by atoms with Crippen LogP contribution in [0.2, 0.25) is 0 Å². The second-order valence-electron chi connectivity index (χ2n) is 3.70. The molecule has 1 aromatic heterocycles. The predicted molar refractivity (Wildman–Crippen MR) is 62.7 cm³/mol. The van der Waals surface area contributed by atoms with E-state index >= 15 is 0 Å². The zero-order chi connectivity index (χ0) is 12.8. The fourth-order valence-corrected chi connectivity index (χ4v) is 1.36. The van der Waals surface area contributed by atoms with E-state index in [1.54, 1.807) is 12.1 Å². The normalized spacial score (nSPS) is 10.6. The molecule has 0 spiro atoms. The molecule has 1 aromatic carbocycles. The molecule has 0 bridgehead atoms. The minimum Gasteiger partial charge on any atom is -0.484 e. The Morgan fingerprint density at radius 2 is 2.11 bits per heavy atom. The highest BCUT2D eigenvalue weighted by Gasteiger charge is 2.06. The first-order valence-electron chi connectivity index (χ1n) is 5.62. The average Bonchev–Trinajstić information content (AvgIpc) is 2.84. The van der Waals surface area contributed by atoms with E-state index in [1.165, 1.54) is 12.1 Å². The molecule has 18 heavy (non-hydrogen) atoms. The van der Waals surface area contributed by atoms with E-state index in [2.05, 4.69) is 15.5 Å². The van der Waals surface area contributed by atoms with Crippen LogP contribution in [0.15, 0.2) is 28.8 Å². The summed E-state index contributed by atoms with van der Waals surface area (Å²) in [6.45, 7) is 0.968. The number of halogens is 1. The van der Waals surface area contributed by atoms with E-state index in [9.17, 15) is 4.39 Å². The zero-order valence-corrected chi connectivity index (χ0v) is 10.0. The Labute approximate surface area is 104 Å². The van der Waals surface area contributed by atoms with Gasteiger partial charge in [-0.15, -0.1) is 0 Å². The number of likely N-dealkylation sites (N-methyl/N-ethyl adjacent to an activating group) is 1. The van der Waals surface area contributed by atoms with Crippen LogP contribution in [-0.2, 0) is 13.0 Å². The van der Waals surface area contributed by atoms with Gasteiger partial charge in [0.15, 0.2) is 12.4 Å². The number of hydrogen-bond donors (Lipinski definition) is 1. The monoisotopic (exact) mass is 251 g/mol. The maximum absolute atomic E-state index is 12.7. The molecule has 0 atom stereocenters. The van der Waals surface area contributed by atoms with Crippen molar-refractivity contribution in [3.63, 3.8) is 0 Å². The van der Waals surface area contributed by atoms with Crippen LogP contribution in [-0.4, -0.2) is 23.7 Å². The zero-order valence-electron chi connectivity index (χ0n) is 10.0. The van der Waals surface area contributed by atoms with Crippen molar-refractivity contribution in [3.8, 4) is 5.75 Å². The van der Waals surface area contributed by atoms with Crippen LogP contribution in [0.25, 0.3) is 0 Å². The number of ether oxygens (including phenoxy) is 1. The van der Waals surface area contributed by atoms with E-state index in [4.69, 9.17) is 9.26 Å². The highest BCUT2D eigenvalue weighted by Crippen LogP contribution is 2.12. The van der Waals surface area contributed by atoms with Crippen LogP contribution < -0.4 is 10.1 Å². The Bertz CT molecular complexity index is 484. The van der Waals surface area contributed by atoms with Gasteiger partial charge in [-0.05, 0) is 31.3 Å². The average molecular weight is 251 g/mol. The lowest BCUT2D eigenvalue weighted by Gasteiger charge is -2.01. The van der Waals surface area contributed by atoms with Crippen molar-refractivity contribution in [2.45, 2.75) is 13.0 Å². The van der Waals surface area contributed by atoms with Crippen LogP contribution in [0, 0.1) is 5.82 Å². The van der Waals surface area contributed by atoms with Gasteiger partial charge < -0.3 is 14.6 Å². The van der Waals surface area contributed by atoms with Gasteiger partial charge in [0.2, 0.25) is 0 Å². The maximum Gasteiger partial charge on any atom is 0.264 e. The first-order valence-corrected chi connectivity index (χ1v) is 5.62. The first kappa shape index (κ1) is 12.5. The predicted octanol–water partition coefficient (Wildman–Crippen LogP) is 1.55. The van der Waals surface area contributed by atoms with Gasteiger partial charge >= 0.3 is 0 Å². The molecule has 0 radical (unpaired) electrons. The lowest BCUT2D eigenvalue weighted by Crippen LogP contribution is -2.11. The molecule has 96 valence electrons. The molecule has 0 fully saturated rings. The highest BCUT2D eigenvalue weighted by atomic mass is 19.1. The minimum absolute atomic E-state index is 0.179. The fraction of sp³-hybridized carbons (Fsp3) is 0.333. The van der Waals surface area contributed by atoms with E-state index in [-0.39, 0.29) is 12.4 Å². The van der Waals surface area contributed by atoms with Crippen LogP contribution >= 0.6 is 0 Å². The van der Waals surface area contributed by atoms with Crippen molar-refractivity contribution in [2.75, 3.05) is 13.6 Å². The van der Waals surface area contributed by atoms with E-state index in [0.29, 0.717) is 23.9 Å². The Morgan fingerprint density at radius 1 is 1.33 bits per heavy atom. The summed E-state index contributed by atoms with van der Waals surface area (Å²) in [7, 11) is 1.86. The molecule has 1 heterocycles. The molecule has 1 N–H and O–H groups in total. The van der Waals surface area contributed by atoms with Crippen LogP contribution in [0.3, 0.4) is 0 Å². The second-order valence-corrected chi connectivity index (χ2v) is 3.70. The third kappa shape index (κ3) is 3.53. The van der Waals surface area contributed by atoms with Crippen molar-refractivity contribution >= 4 is 0 Å². The SMILES string of the molecule is CNCCc1noc(COc2ccc(F)cc2)n1. The molecule has 0 saturated carbocycles. The number of benzene rings is 1. The second kappa shape index (κ2) is 6.11. The Morgan fingerprint density at radius 3 is 2.83 bits per heavy atom. The van der Waals surface area contributed by atoms with Crippen LogP contribution in [0.1, 0.15) is 11.7 Å².